The van der Waals surface area contributed by atoms with Gasteiger partial charge in [-0.05, 0) is 43.2 Å². The molecule has 1 aromatic carbocycles. The Morgan fingerprint density at radius 1 is 1.28 bits per heavy atom. The van der Waals surface area contributed by atoms with Crippen LogP contribution in [0.25, 0.3) is 5.78 Å². The van der Waals surface area contributed by atoms with Crippen molar-refractivity contribution in [3.8, 4) is 0 Å². The second-order valence-corrected chi connectivity index (χ2v) is 6.04. The standard InChI is InChI=1S/C17H17FN6O/c18-12-4-6-13(7-5-12)20-14-3-1-9-23(11-14)16(25)15-21-17-19-8-2-10-24(17)22-15/h2,4-8,10,14,20H,1,3,9,11H2/t14-/m1/s1. The quantitative estimate of drug-likeness (QED) is 0.789. The van der Waals surface area contributed by atoms with E-state index >= 15 is 0 Å². The number of carbonyl (C=O) groups is 1. The van der Waals surface area contributed by atoms with Gasteiger partial charge in [0.25, 0.3) is 11.7 Å². The van der Waals surface area contributed by atoms with Crippen molar-refractivity contribution in [3.63, 3.8) is 0 Å². The molecule has 0 aliphatic carbocycles. The highest BCUT2D eigenvalue weighted by atomic mass is 19.1. The van der Waals surface area contributed by atoms with E-state index in [0.29, 0.717) is 18.9 Å². The number of anilines is 1. The molecular weight excluding hydrogens is 323 g/mol. The number of aromatic nitrogens is 4. The summed E-state index contributed by atoms with van der Waals surface area (Å²) in [6, 6.07) is 8.08. The first-order chi connectivity index (χ1) is 12.2. The molecule has 0 unspecified atom stereocenters. The number of carbonyl (C=O) groups excluding carboxylic acids is 1. The summed E-state index contributed by atoms with van der Waals surface area (Å²) in [5, 5.41) is 7.55. The number of likely N-dealkylation sites (tertiary alicyclic amines) is 1. The van der Waals surface area contributed by atoms with Crippen molar-refractivity contribution in [2.45, 2.75) is 18.9 Å². The van der Waals surface area contributed by atoms with Crippen molar-refractivity contribution in [1.82, 2.24) is 24.5 Å². The van der Waals surface area contributed by atoms with E-state index in [2.05, 4.69) is 20.4 Å². The summed E-state index contributed by atoms with van der Waals surface area (Å²) in [6.07, 6.45) is 5.15. The van der Waals surface area contributed by atoms with Gasteiger partial charge in [-0.2, -0.15) is 4.98 Å². The van der Waals surface area contributed by atoms with Crippen LogP contribution >= 0.6 is 0 Å². The number of fused-ring (bicyclic) bond motifs is 1. The van der Waals surface area contributed by atoms with E-state index in [0.717, 1.165) is 18.5 Å². The van der Waals surface area contributed by atoms with Gasteiger partial charge in [-0.3, -0.25) is 4.79 Å². The molecule has 7 nitrogen and oxygen atoms in total. The third-order valence-corrected chi connectivity index (χ3v) is 4.23. The van der Waals surface area contributed by atoms with E-state index in [9.17, 15) is 9.18 Å². The zero-order valence-electron chi connectivity index (χ0n) is 13.5. The summed E-state index contributed by atoms with van der Waals surface area (Å²) < 4.78 is 14.5. The van der Waals surface area contributed by atoms with Gasteiger partial charge in [0.05, 0.1) is 0 Å². The first-order valence-electron chi connectivity index (χ1n) is 8.18. The molecule has 3 heterocycles. The van der Waals surface area contributed by atoms with Gasteiger partial charge in [0.2, 0.25) is 5.82 Å². The number of benzene rings is 1. The second kappa shape index (κ2) is 6.46. The predicted octanol–water partition coefficient (Wildman–Crippen LogP) is 1.98. The number of hydrogen-bond acceptors (Lipinski definition) is 5. The van der Waals surface area contributed by atoms with Crippen LogP contribution in [0.3, 0.4) is 0 Å². The van der Waals surface area contributed by atoms with Crippen LogP contribution < -0.4 is 5.32 Å². The molecule has 0 saturated carbocycles. The molecule has 8 heteroatoms. The summed E-state index contributed by atoms with van der Waals surface area (Å²) in [5.74, 6) is 0.0959. The van der Waals surface area contributed by atoms with Crippen LogP contribution in [0.5, 0.6) is 0 Å². The molecule has 0 bridgehead atoms. The van der Waals surface area contributed by atoms with Gasteiger partial charge >= 0.3 is 0 Å². The molecule has 2 aromatic heterocycles. The van der Waals surface area contributed by atoms with Crippen molar-refractivity contribution < 1.29 is 9.18 Å². The maximum absolute atomic E-state index is 13.0. The van der Waals surface area contributed by atoms with Gasteiger partial charge < -0.3 is 10.2 Å². The minimum absolute atomic E-state index is 0.110. The van der Waals surface area contributed by atoms with E-state index in [1.165, 1.54) is 16.6 Å². The van der Waals surface area contributed by atoms with Crippen LogP contribution in [-0.4, -0.2) is 49.5 Å². The van der Waals surface area contributed by atoms with Crippen molar-refractivity contribution in [2.24, 2.45) is 0 Å². The molecule has 1 fully saturated rings. The molecule has 1 amide bonds. The number of nitrogens with zero attached hydrogens (tertiary/aromatic N) is 5. The van der Waals surface area contributed by atoms with Crippen LogP contribution in [0, 0.1) is 5.82 Å². The van der Waals surface area contributed by atoms with E-state index in [4.69, 9.17) is 0 Å². The molecule has 3 aromatic rings. The molecule has 1 aliphatic heterocycles. The predicted molar refractivity (Wildman–Crippen MR) is 89.7 cm³/mol. The highest BCUT2D eigenvalue weighted by Gasteiger charge is 2.27. The Morgan fingerprint density at radius 3 is 2.92 bits per heavy atom. The smallest absolute Gasteiger partial charge is 0.293 e. The lowest BCUT2D eigenvalue weighted by Gasteiger charge is -2.33. The zero-order valence-corrected chi connectivity index (χ0v) is 13.5. The Balaban J connectivity index is 1.46. The largest absolute Gasteiger partial charge is 0.381 e. The number of amides is 1. The third-order valence-electron chi connectivity index (χ3n) is 4.23. The minimum Gasteiger partial charge on any atom is -0.381 e. The number of nitrogens with one attached hydrogen (secondary N) is 1. The number of hydrogen-bond donors (Lipinski definition) is 1. The molecule has 1 atom stereocenters. The van der Waals surface area contributed by atoms with Gasteiger partial charge in [0, 0.05) is 37.2 Å². The average molecular weight is 340 g/mol. The highest BCUT2D eigenvalue weighted by molar-refractivity contribution is 5.91. The van der Waals surface area contributed by atoms with E-state index < -0.39 is 0 Å². The number of halogens is 1. The normalized spacial score (nSPS) is 17.6. The van der Waals surface area contributed by atoms with Gasteiger partial charge in [0.1, 0.15) is 5.82 Å². The SMILES string of the molecule is O=C(c1nc2ncccn2n1)N1CCC[C@@H](Nc2ccc(F)cc2)C1. The summed E-state index contributed by atoms with van der Waals surface area (Å²) in [6.45, 7) is 1.22. The minimum atomic E-state index is -0.266. The number of rotatable bonds is 3. The Kier molecular flexibility index (Phi) is 4.01. The third kappa shape index (κ3) is 3.28. The summed E-state index contributed by atoms with van der Waals surface area (Å²) in [5.41, 5.74) is 0.843. The van der Waals surface area contributed by atoms with Crippen molar-refractivity contribution in [1.29, 1.82) is 0 Å². The summed E-state index contributed by atoms with van der Waals surface area (Å²) in [4.78, 5) is 22.7. The van der Waals surface area contributed by atoms with Gasteiger partial charge in [-0.15, -0.1) is 5.10 Å². The van der Waals surface area contributed by atoms with E-state index in [1.807, 2.05) is 0 Å². The van der Waals surface area contributed by atoms with Crippen LogP contribution in [-0.2, 0) is 0 Å². The van der Waals surface area contributed by atoms with Crippen LogP contribution in [0.2, 0.25) is 0 Å². The Labute approximate surface area is 143 Å². The van der Waals surface area contributed by atoms with Crippen molar-refractivity contribution in [3.05, 3.63) is 54.4 Å². The van der Waals surface area contributed by atoms with Crippen molar-refractivity contribution in [2.75, 3.05) is 18.4 Å². The summed E-state index contributed by atoms with van der Waals surface area (Å²) in [7, 11) is 0. The maximum atomic E-state index is 13.0. The lowest BCUT2D eigenvalue weighted by Crippen LogP contribution is -2.45. The molecule has 0 radical (unpaired) electrons. The Hall–Kier alpha value is -3.03. The van der Waals surface area contributed by atoms with Gasteiger partial charge in [-0.1, -0.05) is 0 Å². The zero-order chi connectivity index (χ0) is 17.2. The molecule has 1 aliphatic rings. The maximum Gasteiger partial charge on any atom is 0.293 e. The monoisotopic (exact) mass is 340 g/mol. The van der Waals surface area contributed by atoms with Crippen LogP contribution in [0.1, 0.15) is 23.5 Å². The second-order valence-electron chi connectivity index (χ2n) is 6.04. The molecule has 4 rings (SSSR count). The fourth-order valence-corrected chi connectivity index (χ4v) is 3.03. The first-order valence-corrected chi connectivity index (χ1v) is 8.18. The molecule has 0 spiro atoms. The molecule has 1 N–H and O–H groups in total. The lowest BCUT2D eigenvalue weighted by molar-refractivity contribution is 0.0702. The van der Waals surface area contributed by atoms with E-state index in [1.54, 1.807) is 35.5 Å². The van der Waals surface area contributed by atoms with Crippen molar-refractivity contribution >= 4 is 17.4 Å². The van der Waals surface area contributed by atoms with Crippen LogP contribution in [0.4, 0.5) is 10.1 Å². The molecular formula is C17H17FN6O. The Morgan fingerprint density at radius 2 is 2.12 bits per heavy atom. The van der Waals surface area contributed by atoms with Gasteiger partial charge in [-0.25, -0.2) is 13.9 Å². The molecule has 128 valence electrons. The lowest BCUT2D eigenvalue weighted by atomic mass is 10.1. The topological polar surface area (TPSA) is 75.4 Å². The van der Waals surface area contributed by atoms with Gasteiger partial charge in [0.15, 0.2) is 0 Å². The van der Waals surface area contributed by atoms with Crippen LogP contribution in [0.15, 0.2) is 42.7 Å². The molecule has 1 saturated heterocycles. The Bertz CT molecular complexity index is 861. The fourth-order valence-electron chi connectivity index (χ4n) is 3.03. The fraction of sp³-hybridized carbons (Fsp3) is 0.294. The average Bonchev–Trinajstić information content (AvgIpc) is 3.07. The molecule has 25 heavy (non-hydrogen) atoms. The number of piperidine rings is 1. The first kappa shape index (κ1) is 15.5. The summed E-state index contributed by atoms with van der Waals surface area (Å²) >= 11 is 0. The highest BCUT2D eigenvalue weighted by Crippen LogP contribution is 2.18. The van der Waals surface area contributed by atoms with E-state index in [-0.39, 0.29) is 23.6 Å².